The van der Waals surface area contributed by atoms with Crippen molar-refractivity contribution < 1.29 is 19.4 Å². The molecule has 1 unspecified atom stereocenters. The molecular formula is C15H16N4O5. The molecule has 0 radical (unpaired) electrons. The molecule has 0 bridgehead atoms. The Morgan fingerprint density at radius 3 is 2.92 bits per heavy atom. The highest BCUT2D eigenvalue weighted by atomic mass is 16.5. The Labute approximate surface area is 136 Å². The largest absolute Gasteiger partial charge is 0.479 e. The summed E-state index contributed by atoms with van der Waals surface area (Å²) < 4.78 is 6.23. The van der Waals surface area contributed by atoms with Gasteiger partial charge >= 0.3 is 5.97 Å². The maximum atomic E-state index is 12.3. The fourth-order valence-corrected chi connectivity index (χ4v) is 2.55. The van der Waals surface area contributed by atoms with E-state index in [1.54, 1.807) is 24.3 Å². The molecule has 0 spiro atoms. The van der Waals surface area contributed by atoms with E-state index in [0.29, 0.717) is 17.4 Å². The molecule has 0 saturated carbocycles. The van der Waals surface area contributed by atoms with Gasteiger partial charge in [0.15, 0.2) is 6.10 Å². The van der Waals surface area contributed by atoms with E-state index in [2.05, 4.69) is 10.3 Å². The van der Waals surface area contributed by atoms with Gasteiger partial charge in [0.2, 0.25) is 5.91 Å². The fourth-order valence-electron chi connectivity index (χ4n) is 2.55. The second kappa shape index (κ2) is 6.75. The third kappa shape index (κ3) is 3.25. The van der Waals surface area contributed by atoms with Gasteiger partial charge in [0.1, 0.15) is 5.52 Å². The SMILES string of the molecule is O=C(O)C1CN(C(=O)CCn2nnc3ccccc3c2=O)CCO1. The second-order valence-corrected chi connectivity index (χ2v) is 5.42. The zero-order valence-electron chi connectivity index (χ0n) is 12.8. The lowest BCUT2D eigenvalue weighted by Crippen LogP contribution is -2.48. The molecule has 24 heavy (non-hydrogen) atoms. The normalized spacial score (nSPS) is 17.8. The molecule has 1 fully saturated rings. The molecular weight excluding hydrogens is 316 g/mol. The van der Waals surface area contributed by atoms with E-state index < -0.39 is 12.1 Å². The number of aryl methyl sites for hydroxylation is 1. The van der Waals surface area contributed by atoms with Crippen molar-refractivity contribution in [1.82, 2.24) is 19.9 Å². The van der Waals surface area contributed by atoms with Gasteiger partial charge in [0.05, 0.1) is 25.1 Å². The molecule has 1 atom stereocenters. The number of rotatable bonds is 4. The van der Waals surface area contributed by atoms with Crippen LogP contribution in [0.25, 0.3) is 10.9 Å². The number of amides is 1. The summed E-state index contributed by atoms with van der Waals surface area (Å²) in [6, 6.07) is 6.85. The van der Waals surface area contributed by atoms with Crippen molar-refractivity contribution in [3.63, 3.8) is 0 Å². The van der Waals surface area contributed by atoms with Crippen LogP contribution >= 0.6 is 0 Å². The Kier molecular flexibility index (Phi) is 4.52. The zero-order valence-corrected chi connectivity index (χ0v) is 12.8. The van der Waals surface area contributed by atoms with Crippen LogP contribution in [-0.4, -0.2) is 62.7 Å². The molecule has 0 aliphatic carbocycles. The Morgan fingerprint density at radius 1 is 1.33 bits per heavy atom. The average molecular weight is 332 g/mol. The van der Waals surface area contributed by atoms with Crippen LogP contribution in [0.15, 0.2) is 29.1 Å². The fraction of sp³-hybridized carbons (Fsp3) is 0.400. The number of fused-ring (bicyclic) bond motifs is 1. The van der Waals surface area contributed by atoms with Gasteiger partial charge < -0.3 is 14.7 Å². The van der Waals surface area contributed by atoms with E-state index >= 15 is 0 Å². The van der Waals surface area contributed by atoms with E-state index in [-0.39, 0.29) is 37.6 Å². The molecule has 9 heteroatoms. The van der Waals surface area contributed by atoms with Crippen LogP contribution in [0.4, 0.5) is 0 Å². The van der Waals surface area contributed by atoms with Crippen LogP contribution in [0.5, 0.6) is 0 Å². The molecule has 2 heterocycles. The van der Waals surface area contributed by atoms with E-state index in [0.717, 1.165) is 4.68 Å². The minimum Gasteiger partial charge on any atom is -0.479 e. The summed E-state index contributed by atoms with van der Waals surface area (Å²) in [7, 11) is 0. The topological polar surface area (TPSA) is 115 Å². The first-order valence-corrected chi connectivity index (χ1v) is 7.51. The lowest BCUT2D eigenvalue weighted by Gasteiger charge is -2.30. The number of benzene rings is 1. The lowest BCUT2D eigenvalue weighted by atomic mass is 10.2. The highest BCUT2D eigenvalue weighted by Gasteiger charge is 2.28. The number of aliphatic carboxylic acids is 1. The highest BCUT2D eigenvalue weighted by Crippen LogP contribution is 2.08. The summed E-state index contributed by atoms with van der Waals surface area (Å²) in [6.45, 7) is 0.608. The van der Waals surface area contributed by atoms with E-state index in [4.69, 9.17) is 9.84 Å². The number of carbonyl (C=O) groups is 2. The van der Waals surface area contributed by atoms with Crippen LogP contribution in [0.3, 0.4) is 0 Å². The summed E-state index contributed by atoms with van der Waals surface area (Å²) in [5.41, 5.74) is 0.196. The number of hydrogen-bond acceptors (Lipinski definition) is 6. The molecule has 1 amide bonds. The van der Waals surface area contributed by atoms with Gasteiger partial charge in [0, 0.05) is 13.0 Å². The predicted octanol–water partition coefficient (Wildman–Crippen LogP) is -0.506. The van der Waals surface area contributed by atoms with Crippen LogP contribution in [0.2, 0.25) is 0 Å². The number of carbonyl (C=O) groups excluding carboxylic acids is 1. The number of ether oxygens (including phenoxy) is 1. The van der Waals surface area contributed by atoms with Gasteiger partial charge in [-0.3, -0.25) is 9.59 Å². The van der Waals surface area contributed by atoms with Crippen LogP contribution in [-0.2, 0) is 20.9 Å². The minimum atomic E-state index is -1.09. The maximum Gasteiger partial charge on any atom is 0.334 e. The van der Waals surface area contributed by atoms with Gasteiger partial charge in [-0.05, 0) is 12.1 Å². The van der Waals surface area contributed by atoms with Crippen molar-refractivity contribution in [3.05, 3.63) is 34.6 Å². The van der Waals surface area contributed by atoms with Crippen molar-refractivity contribution in [3.8, 4) is 0 Å². The first-order valence-electron chi connectivity index (χ1n) is 7.51. The molecule has 126 valence electrons. The molecule has 1 aliphatic rings. The number of hydrogen-bond donors (Lipinski definition) is 1. The number of carboxylic acid groups (broad SMARTS) is 1. The number of nitrogens with zero attached hydrogens (tertiary/aromatic N) is 4. The number of carboxylic acids is 1. The second-order valence-electron chi connectivity index (χ2n) is 5.42. The summed E-state index contributed by atoms with van der Waals surface area (Å²) in [6.07, 6.45) is -0.968. The predicted molar refractivity (Wildman–Crippen MR) is 82.4 cm³/mol. The van der Waals surface area contributed by atoms with Crippen LogP contribution in [0, 0.1) is 0 Å². The van der Waals surface area contributed by atoms with Gasteiger partial charge in [-0.2, -0.15) is 0 Å². The molecule has 1 aromatic carbocycles. The summed E-state index contributed by atoms with van der Waals surface area (Å²) in [5, 5.41) is 17.2. The van der Waals surface area contributed by atoms with Crippen LogP contribution < -0.4 is 5.56 Å². The molecule has 2 aromatic rings. The van der Waals surface area contributed by atoms with Gasteiger partial charge in [-0.1, -0.05) is 17.3 Å². The highest BCUT2D eigenvalue weighted by molar-refractivity contribution is 5.79. The maximum absolute atomic E-state index is 12.3. The minimum absolute atomic E-state index is 0.00641. The van der Waals surface area contributed by atoms with E-state index in [1.807, 2.05) is 0 Å². The third-order valence-electron chi connectivity index (χ3n) is 3.86. The third-order valence-corrected chi connectivity index (χ3v) is 3.86. The van der Waals surface area contributed by atoms with Crippen molar-refractivity contribution in [1.29, 1.82) is 0 Å². The van der Waals surface area contributed by atoms with E-state index in [9.17, 15) is 14.4 Å². The van der Waals surface area contributed by atoms with Crippen molar-refractivity contribution in [2.75, 3.05) is 19.7 Å². The van der Waals surface area contributed by atoms with Gasteiger partial charge in [0.25, 0.3) is 5.56 Å². The summed E-state index contributed by atoms with van der Waals surface area (Å²) in [5.74, 6) is -1.34. The van der Waals surface area contributed by atoms with Gasteiger partial charge in [-0.15, -0.1) is 5.10 Å². The first kappa shape index (κ1) is 16.1. The Hall–Kier alpha value is -2.81. The summed E-state index contributed by atoms with van der Waals surface area (Å²) in [4.78, 5) is 36.9. The van der Waals surface area contributed by atoms with E-state index in [1.165, 1.54) is 4.90 Å². The van der Waals surface area contributed by atoms with Gasteiger partial charge in [-0.25, -0.2) is 9.48 Å². The molecule has 9 nitrogen and oxygen atoms in total. The monoisotopic (exact) mass is 332 g/mol. The molecule has 1 N–H and O–H groups in total. The van der Waals surface area contributed by atoms with Crippen molar-refractivity contribution >= 4 is 22.8 Å². The smallest absolute Gasteiger partial charge is 0.334 e. The average Bonchev–Trinajstić information content (AvgIpc) is 2.61. The lowest BCUT2D eigenvalue weighted by molar-refractivity contribution is -0.159. The number of aromatic nitrogens is 3. The zero-order chi connectivity index (χ0) is 17.1. The Bertz CT molecular complexity index is 834. The molecule has 3 rings (SSSR count). The standard InChI is InChI=1S/C15H16N4O5/c20-13(18-7-8-24-12(9-18)15(22)23)5-6-19-14(21)10-3-1-2-4-11(10)16-17-19/h1-4,12H,5-9H2,(H,22,23). The number of morpholine rings is 1. The summed E-state index contributed by atoms with van der Waals surface area (Å²) >= 11 is 0. The molecule has 1 aromatic heterocycles. The van der Waals surface area contributed by atoms with Crippen molar-refractivity contribution in [2.24, 2.45) is 0 Å². The van der Waals surface area contributed by atoms with Crippen molar-refractivity contribution in [2.45, 2.75) is 19.1 Å². The quantitative estimate of drug-likeness (QED) is 0.802. The Morgan fingerprint density at radius 2 is 2.12 bits per heavy atom. The first-order chi connectivity index (χ1) is 11.6. The molecule has 1 aliphatic heterocycles. The molecule has 1 saturated heterocycles. The van der Waals surface area contributed by atoms with Crippen LogP contribution in [0.1, 0.15) is 6.42 Å². The Balaban J connectivity index is 1.67.